The second kappa shape index (κ2) is 8.35. The fourth-order valence-corrected chi connectivity index (χ4v) is 4.55. The minimum Gasteiger partial charge on any atom is -0.495 e. The van der Waals surface area contributed by atoms with Gasteiger partial charge in [-0.3, -0.25) is 9.69 Å². The van der Waals surface area contributed by atoms with Crippen molar-refractivity contribution >= 4 is 27.5 Å². The summed E-state index contributed by atoms with van der Waals surface area (Å²) in [6, 6.07) is 4.63. The molecular formula is C16H24ClN3O4S. The van der Waals surface area contributed by atoms with E-state index in [9.17, 15) is 13.2 Å². The summed E-state index contributed by atoms with van der Waals surface area (Å²) in [6.45, 7) is 0.263. The van der Waals surface area contributed by atoms with Crippen molar-refractivity contribution < 1.29 is 17.9 Å². The first-order chi connectivity index (χ1) is 11.8. The van der Waals surface area contributed by atoms with Crippen molar-refractivity contribution in [3.8, 4) is 5.75 Å². The quantitative estimate of drug-likeness (QED) is 0.732. The summed E-state index contributed by atoms with van der Waals surface area (Å²) < 4.78 is 33.0. The van der Waals surface area contributed by atoms with E-state index in [1.165, 1.54) is 19.2 Å². The molecule has 140 valence electrons. The number of carbonyl (C=O) groups excluding carboxylic acids is 1. The average Bonchev–Trinajstić information content (AvgIpc) is 2.93. The van der Waals surface area contributed by atoms with Crippen LogP contribution in [0.2, 0.25) is 5.02 Å². The fraction of sp³-hybridized carbons (Fsp3) is 0.562. The number of benzene rings is 1. The number of nitrogens with zero attached hydrogens (tertiary/aromatic N) is 1. The van der Waals surface area contributed by atoms with Gasteiger partial charge in [0, 0.05) is 37.1 Å². The Morgan fingerprint density at radius 1 is 1.36 bits per heavy atom. The molecule has 1 aliphatic heterocycles. The van der Waals surface area contributed by atoms with Crippen molar-refractivity contribution in [1.82, 2.24) is 14.9 Å². The summed E-state index contributed by atoms with van der Waals surface area (Å²) in [4.78, 5) is 13.6. The Hall–Kier alpha value is -1.35. The van der Waals surface area contributed by atoms with Gasteiger partial charge < -0.3 is 10.1 Å². The van der Waals surface area contributed by atoms with Crippen molar-refractivity contribution in [2.75, 3.05) is 27.7 Å². The lowest BCUT2D eigenvalue weighted by molar-refractivity contribution is -0.121. The molecule has 0 spiro atoms. The molecule has 1 saturated heterocycles. The van der Waals surface area contributed by atoms with Crippen LogP contribution in [-0.4, -0.2) is 59.1 Å². The molecule has 1 amide bonds. The fourth-order valence-electron chi connectivity index (χ4n) is 3.04. The zero-order valence-corrected chi connectivity index (χ0v) is 16.2. The van der Waals surface area contributed by atoms with Crippen LogP contribution in [0.1, 0.15) is 19.3 Å². The van der Waals surface area contributed by atoms with E-state index >= 15 is 0 Å². The van der Waals surface area contributed by atoms with Gasteiger partial charge in [-0.1, -0.05) is 11.6 Å². The Kier molecular flexibility index (Phi) is 6.67. The van der Waals surface area contributed by atoms with Gasteiger partial charge in [-0.2, -0.15) is 0 Å². The van der Waals surface area contributed by atoms with Crippen LogP contribution >= 0.6 is 11.6 Å². The Morgan fingerprint density at radius 2 is 2.04 bits per heavy atom. The first-order valence-corrected chi connectivity index (χ1v) is 9.90. The van der Waals surface area contributed by atoms with E-state index in [0.717, 1.165) is 12.8 Å². The summed E-state index contributed by atoms with van der Waals surface area (Å²) in [6.07, 6.45) is 2.10. The van der Waals surface area contributed by atoms with Crippen molar-refractivity contribution in [3.05, 3.63) is 23.2 Å². The van der Waals surface area contributed by atoms with Crippen molar-refractivity contribution in [2.45, 2.75) is 36.2 Å². The standard InChI is InChI=1S/C16H24ClN3O4S/c1-18-16(21)9-12-5-6-13(20(12)2)10-19-25(22,23)15-8-11(17)4-7-14(15)24-3/h4,7-8,12-13,19H,5-6,9-10H2,1-3H3,(H,18,21)/t12-,13+/m1/s1. The maximum atomic E-state index is 12.6. The highest BCUT2D eigenvalue weighted by Gasteiger charge is 2.32. The molecule has 0 bridgehead atoms. The van der Waals surface area contributed by atoms with Gasteiger partial charge >= 0.3 is 0 Å². The number of rotatable bonds is 7. The number of hydrogen-bond donors (Lipinski definition) is 2. The summed E-state index contributed by atoms with van der Waals surface area (Å²) >= 11 is 5.92. The van der Waals surface area contributed by atoms with Crippen LogP contribution in [0.15, 0.2) is 23.1 Å². The predicted octanol–water partition coefficient (Wildman–Crippen LogP) is 1.23. The van der Waals surface area contributed by atoms with Crippen molar-refractivity contribution in [2.24, 2.45) is 0 Å². The first kappa shape index (κ1) is 20.0. The molecule has 2 rings (SSSR count). The van der Waals surface area contributed by atoms with Gasteiger partial charge in [-0.15, -0.1) is 0 Å². The average molecular weight is 390 g/mol. The highest BCUT2D eigenvalue weighted by molar-refractivity contribution is 7.89. The second-order valence-corrected chi connectivity index (χ2v) is 8.25. The van der Waals surface area contributed by atoms with E-state index in [0.29, 0.717) is 11.4 Å². The minimum absolute atomic E-state index is 0.0123. The van der Waals surface area contributed by atoms with E-state index in [1.54, 1.807) is 13.1 Å². The molecule has 0 aromatic heterocycles. The molecular weight excluding hydrogens is 366 g/mol. The maximum Gasteiger partial charge on any atom is 0.244 e. The molecule has 1 aliphatic rings. The Morgan fingerprint density at radius 3 is 2.68 bits per heavy atom. The van der Waals surface area contributed by atoms with E-state index in [1.807, 2.05) is 7.05 Å². The highest BCUT2D eigenvalue weighted by Crippen LogP contribution is 2.28. The number of ether oxygens (including phenoxy) is 1. The number of sulfonamides is 1. The smallest absolute Gasteiger partial charge is 0.244 e. The predicted molar refractivity (Wildman–Crippen MR) is 96.4 cm³/mol. The topological polar surface area (TPSA) is 87.7 Å². The summed E-state index contributed by atoms with van der Waals surface area (Å²) in [7, 11) is 1.19. The highest BCUT2D eigenvalue weighted by atomic mass is 35.5. The molecule has 2 atom stereocenters. The number of carbonyl (C=O) groups is 1. The third kappa shape index (κ3) is 4.84. The number of amides is 1. The molecule has 2 N–H and O–H groups in total. The molecule has 0 saturated carbocycles. The Labute approximate surface area is 153 Å². The maximum absolute atomic E-state index is 12.6. The van der Waals surface area contributed by atoms with Gasteiger partial charge in [-0.25, -0.2) is 13.1 Å². The van der Waals surface area contributed by atoms with Gasteiger partial charge in [0.05, 0.1) is 7.11 Å². The molecule has 9 heteroatoms. The molecule has 25 heavy (non-hydrogen) atoms. The normalized spacial score (nSPS) is 21.3. The van der Waals surface area contributed by atoms with Crippen LogP contribution in [0.4, 0.5) is 0 Å². The zero-order valence-electron chi connectivity index (χ0n) is 14.6. The van der Waals surface area contributed by atoms with Crippen LogP contribution in [0.3, 0.4) is 0 Å². The molecule has 0 aliphatic carbocycles. The van der Waals surface area contributed by atoms with Gasteiger partial charge in [-0.05, 0) is 38.1 Å². The van der Waals surface area contributed by atoms with Crippen LogP contribution in [0, 0.1) is 0 Å². The number of methoxy groups -OCH3 is 1. The lowest BCUT2D eigenvalue weighted by Gasteiger charge is -2.25. The summed E-state index contributed by atoms with van der Waals surface area (Å²) in [5.41, 5.74) is 0. The Balaban J connectivity index is 2.03. The van der Waals surface area contributed by atoms with E-state index in [-0.39, 0.29) is 35.2 Å². The van der Waals surface area contributed by atoms with Crippen molar-refractivity contribution in [3.63, 3.8) is 0 Å². The number of nitrogens with one attached hydrogen (secondary N) is 2. The zero-order chi connectivity index (χ0) is 18.6. The van der Waals surface area contributed by atoms with Gasteiger partial charge in [0.1, 0.15) is 10.6 Å². The monoisotopic (exact) mass is 389 g/mol. The van der Waals surface area contributed by atoms with Crippen LogP contribution in [-0.2, 0) is 14.8 Å². The third-order valence-electron chi connectivity index (χ3n) is 4.61. The van der Waals surface area contributed by atoms with Crippen LogP contribution < -0.4 is 14.8 Å². The number of hydrogen-bond acceptors (Lipinski definition) is 5. The van der Waals surface area contributed by atoms with Gasteiger partial charge in [0.15, 0.2) is 0 Å². The Bertz CT molecular complexity index is 726. The molecule has 7 nitrogen and oxygen atoms in total. The number of halogens is 1. The van der Waals surface area contributed by atoms with Crippen LogP contribution in [0.5, 0.6) is 5.75 Å². The molecule has 1 aromatic carbocycles. The van der Waals surface area contributed by atoms with Gasteiger partial charge in [0.2, 0.25) is 15.9 Å². The molecule has 1 aromatic rings. The summed E-state index contributed by atoms with van der Waals surface area (Å²) in [5.74, 6) is 0.232. The third-order valence-corrected chi connectivity index (χ3v) is 6.29. The SMILES string of the molecule is CNC(=O)C[C@H]1CC[C@@H](CNS(=O)(=O)c2cc(Cl)ccc2OC)N1C. The molecule has 0 unspecified atom stereocenters. The lowest BCUT2D eigenvalue weighted by Crippen LogP contribution is -2.42. The van der Waals surface area contributed by atoms with Gasteiger partial charge in [0.25, 0.3) is 0 Å². The van der Waals surface area contributed by atoms with Crippen LogP contribution in [0.25, 0.3) is 0 Å². The van der Waals surface area contributed by atoms with E-state index < -0.39 is 10.0 Å². The number of likely N-dealkylation sites (N-methyl/N-ethyl adjacent to an activating group) is 1. The lowest BCUT2D eigenvalue weighted by atomic mass is 10.1. The summed E-state index contributed by atoms with van der Waals surface area (Å²) in [5, 5.41) is 2.94. The first-order valence-electron chi connectivity index (χ1n) is 8.04. The second-order valence-electron chi connectivity index (χ2n) is 6.07. The number of likely N-dealkylation sites (tertiary alicyclic amines) is 1. The van der Waals surface area contributed by atoms with E-state index in [4.69, 9.17) is 16.3 Å². The minimum atomic E-state index is -3.75. The van der Waals surface area contributed by atoms with E-state index in [2.05, 4.69) is 14.9 Å². The largest absolute Gasteiger partial charge is 0.495 e. The molecule has 1 heterocycles. The molecule has 1 fully saturated rings. The van der Waals surface area contributed by atoms with Crippen molar-refractivity contribution in [1.29, 1.82) is 0 Å². The molecule has 0 radical (unpaired) electrons.